The first-order valence-corrected chi connectivity index (χ1v) is 9.02. The molecule has 0 spiro atoms. The van der Waals surface area contributed by atoms with Gasteiger partial charge in [-0.15, -0.1) is 0 Å². The molecule has 1 saturated carbocycles. The first-order valence-electron chi connectivity index (χ1n) is 9.02. The van der Waals surface area contributed by atoms with Crippen LogP contribution in [0.25, 0.3) is 0 Å². The molecule has 0 N–H and O–H groups in total. The second-order valence-electron chi connectivity index (χ2n) is 7.15. The van der Waals surface area contributed by atoms with Gasteiger partial charge < -0.3 is 4.57 Å². The van der Waals surface area contributed by atoms with Crippen LogP contribution in [0, 0.1) is 19.8 Å². The average molecular weight is 339 g/mol. The average Bonchev–Trinajstić information content (AvgIpc) is 3.10. The second-order valence-corrected chi connectivity index (χ2v) is 7.15. The van der Waals surface area contributed by atoms with Crippen molar-refractivity contribution in [3.63, 3.8) is 0 Å². The van der Waals surface area contributed by atoms with Gasteiger partial charge in [0, 0.05) is 24.7 Å². The van der Waals surface area contributed by atoms with E-state index in [-0.39, 0.29) is 17.8 Å². The highest BCUT2D eigenvalue weighted by Crippen LogP contribution is 2.32. The third-order valence-electron chi connectivity index (χ3n) is 5.01. The number of hydrogen-bond acceptors (Lipinski definition) is 4. The summed E-state index contributed by atoms with van der Waals surface area (Å²) in [6.07, 6.45) is 10.8. The van der Waals surface area contributed by atoms with Crippen LogP contribution in [0.1, 0.15) is 55.1 Å². The van der Waals surface area contributed by atoms with E-state index in [1.807, 2.05) is 13.8 Å². The highest BCUT2D eigenvalue weighted by atomic mass is 16.1. The highest BCUT2D eigenvalue weighted by molar-refractivity contribution is 5.84. The molecular weight excluding hydrogens is 314 g/mol. The van der Waals surface area contributed by atoms with Gasteiger partial charge in [-0.05, 0) is 31.7 Å². The molecule has 2 heterocycles. The molecule has 0 aromatic carbocycles. The van der Waals surface area contributed by atoms with Crippen LogP contribution in [-0.2, 0) is 11.2 Å². The molecular formula is C20H25N3O2. The minimum absolute atomic E-state index is 0.0396. The van der Waals surface area contributed by atoms with Gasteiger partial charge in [0.1, 0.15) is 0 Å². The summed E-state index contributed by atoms with van der Waals surface area (Å²) in [5.74, 6) is 0.559. The monoisotopic (exact) mass is 339 g/mol. The van der Waals surface area contributed by atoms with E-state index in [2.05, 4.69) is 9.97 Å². The zero-order valence-corrected chi connectivity index (χ0v) is 14.9. The molecule has 0 amide bonds. The quantitative estimate of drug-likeness (QED) is 0.811. The van der Waals surface area contributed by atoms with Crippen LogP contribution >= 0.6 is 0 Å². The smallest absolute Gasteiger partial charge is 0.251 e. The van der Waals surface area contributed by atoms with Gasteiger partial charge in [-0.2, -0.15) is 0 Å². The third kappa shape index (κ3) is 4.41. The van der Waals surface area contributed by atoms with Gasteiger partial charge in [0.15, 0.2) is 5.78 Å². The Bertz CT molecular complexity index is 789. The Morgan fingerprint density at radius 2 is 1.96 bits per heavy atom. The first kappa shape index (κ1) is 17.5. The predicted octanol–water partition coefficient (Wildman–Crippen LogP) is 3.19. The number of aromatic nitrogens is 3. The lowest BCUT2D eigenvalue weighted by atomic mass is 9.93. The normalized spacial score (nSPS) is 16.1. The summed E-state index contributed by atoms with van der Waals surface area (Å²) in [7, 11) is 0. The number of rotatable bonds is 6. The van der Waals surface area contributed by atoms with E-state index >= 15 is 0 Å². The maximum atomic E-state index is 13.0. The van der Waals surface area contributed by atoms with Gasteiger partial charge in [-0.25, -0.2) is 0 Å². The van der Waals surface area contributed by atoms with Crippen LogP contribution in [-0.4, -0.2) is 20.3 Å². The maximum Gasteiger partial charge on any atom is 0.251 e. The zero-order chi connectivity index (χ0) is 17.8. The lowest BCUT2D eigenvalue weighted by Crippen LogP contribution is -2.31. The van der Waals surface area contributed by atoms with E-state index < -0.39 is 6.04 Å². The molecule has 1 fully saturated rings. The largest absolute Gasteiger partial charge is 0.305 e. The predicted molar refractivity (Wildman–Crippen MR) is 96.5 cm³/mol. The molecule has 5 heteroatoms. The Kier molecular flexibility index (Phi) is 5.41. The van der Waals surface area contributed by atoms with Crippen molar-refractivity contribution >= 4 is 5.78 Å². The maximum absolute atomic E-state index is 13.0. The summed E-state index contributed by atoms with van der Waals surface area (Å²) < 4.78 is 1.62. The molecule has 0 unspecified atom stereocenters. The Balaban J connectivity index is 1.86. The fourth-order valence-electron chi connectivity index (χ4n) is 3.63. The Morgan fingerprint density at radius 1 is 1.20 bits per heavy atom. The van der Waals surface area contributed by atoms with Crippen molar-refractivity contribution in [3.8, 4) is 0 Å². The molecule has 132 valence electrons. The van der Waals surface area contributed by atoms with E-state index in [4.69, 9.17) is 0 Å². The second kappa shape index (κ2) is 7.72. The zero-order valence-electron chi connectivity index (χ0n) is 14.9. The lowest BCUT2D eigenvalue weighted by Gasteiger charge is -2.22. The Hall–Kier alpha value is -2.30. The van der Waals surface area contributed by atoms with Crippen LogP contribution in [0.15, 0.2) is 35.5 Å². The molecule has 0 bridgehead atoms. The molecule has 3 rings (SSSR count). The van der Waals surface area contributed by atoms with Crippen molar-refractivity contribution in [1.29, 1.82) is 0 Å². The van der Waals surface area contributed by atoms with E-state index in [1.54, 1.807) is 35.3 Å². The molecule has 0 aliphatic heterocycles. The van der Waals surface area contributed by atoms with Crippen LogP contribution in [0.4, 0.5) is 0 Å². The molecule has 1 aliphatic carbocycles. The number of nitrogens with zero attached hydrogens (tertiary/aromatic N) is 3. The van der Waals surface area contributed by atoms with Crippen molar-refractivity contribution in [1.82, 2.24) is 14.5 Å². The van der Waals surface area contributed by atoms with Gasteiger partial charge in [0.25, 0.3) is 5.56 Å². The van der Waals surface area contributed by atoms with Crippen molar-refractivity contribution < 1.29 is 4.79 Å². The lowest BCUT2D eigenvalue weighted by molar-refractivity contribution is -0.122. The van der Waals surface area contributed by atoms with Gasteiger partial charge in [0.2, 0.25) is 0 Å². The van der Waals surface area contributed by atoms with E-state index in [0.29, 0.717) is 11.6 Å². The number of Topliss-reactive ketones (excluding diaryl/α,β-unsaturated/α-hetero) is 1. The Morgan fingerprint density at radius 3 is 2.64 bits per heavy atom. The van der Waals surface area contributed by atoms with Crippen molar-refractivity contribution in [2.45, 2.75) is 58.4 Å². The molecule has 1 atom stereocenters. The minimum Gasteiger partial charge on any atom is -0.305 e. The summed E-state index contributed by atoms with van der Waals surface area (Å²) in [5.41, 5.74) is 2.36. The van der Waals surface area contributed by atoms with E-state index in [1.165, 1.54) is 12.8 Å². The van der Waals surface area contributed by atoms with Crippen molar-refractivity contribution in [2.24, 2.45) is 5.92 Å². The van der Waals surface area contributed by atoms with Crippen LogP contribution in [0.5, 0.6) is 0 Å². The molecule has 25 heavy (non-hydrogen) atoms. The number of hydrogen-bond donors (Lipinski definition) is 0. The van der Waals surface area contributed by atoms with Gasteiger partial charge in [-0.3, -0.25) is 19.6 Å². The summed E-state index contributed by atoms with van der Waals surface area (Å²) in [4.78, 5) is 33.9. The summed E-state index contributed by atoms with van der Waals surface area (Å²) in [5, 5.41) is 0. The SMILES string of the molecule is Cc1ccc(=O)n([C@@H](CC2CCCC2)C(=O)Cc2cnc(C)cn2)c1. The molecule has 2 aromatic heterocycles. The first-order chi connectivity index (χ1) is 12.0. The number of carbonyl (C=O) groups excluding carboxylic acids is 1. The number of ketones is 1. The van der Waals surface area contributed by atoms with Crippen LogP contribution in [0.3, 0.4) is 0 Å². The van der Waals surface area contributed by atoms with Crippen LogP contribution in [0.2, 0.25) is 0 Å². The van der Waals surface area contributed by atoms with E-state index in [9.17, 15) is 9.59 Å². The molecule has 5 nitrogen and oxygen atoms in total. The van der Waals surface area contributed by atoms with Gasteiger partial charge in [-0.1, -0.05) is 31.7 Å². The number of pyridine rings is 1. The molecule has 1 aliphatic rings. The molecule has 0 saturated heterocycles. The Labute approximate surface area is 148 Å². The highest BCUT2D eigenvalue weighted by Gasteiger charge is 2.27. The number of carbonyl (C=O) groups is 1. The summed E-state index contributed by atoms with van der Waals surface area (Å²) in [6, 6.07) is 2.93. The molecule has 0 radical (unpaired) electrons. The topological polar surface area (TPSA) is 64.8 Å². The van der Waals surface area contributed by atoms with E-state index in [0.717, 1.165) is 30.5 Å². The van der Waals surface area contributed by atoms with Crippen LogP contribution < -0.4 is 5.56 Å². The standard InChI is InChI=1S/C20H25N3O2/c1-14-7-8-20(25)23(13-14)18(9-16-5-3-4-6-16)19(24)10-17-12-21-15(2)11-22-17/h7-8,11-13,16,18H,3-6,9-10H2,1-2H3/t18-/m0/s1. The summed E-state index contributed by atoms with van der Waals surface area (Å²) in [6.45, 7) is 3.81. The van der Waals surface area contributed by atoms with Crippen molar-refractivity contribution in [2.75, 3.05) is 0 Å². The minimum atomic E-state index is -0.418. The number of aryl methyl sites for hydroxylation is 2. The van der Waals surface area contributed by atoms with Crippen molar-refractivity contribution in [3.05, 3.63) is 58.0 Å². The fourth-order valence-corrected chi connectivity index (χ4v) is 3.63. The summed E-state index contributed by atoms with van der Waals surface area (Å²) >= 11 is 0. The van der Waals surface area contributed by atoms with Gasteiger partial charge >= 0.3 is 0 Å². The third-order valence-corrected chi connectivity index (χ3v) is 5.01. The fraction of sp³-hybridized carbons (Fsp3) is 0.500. The van der Waals surface area contributed by atoms with Gasteiger partial charge in [0.05, 0.1) is 23.9 Å². The molecule has 2 aromatic rings.